The van der Waals surface area contributed by atoms with E-state index in [1.54, 1.807) is 12.4 Å². The van der Waals surface area contributed by atoms with Crippen LogP contribution in [0.25, 0.3) is 0 Å². The van der Waals surface area contributed by atoms with E-state index in [9.17, 15) is 9.59 Å². The second kappa shape index (κ2) is 11.8. The standard InChI is InChI=1S/C31H36N4O3/c1-24-7-6-10-26(21-24)29(36)34-17-13-31(14-18-34)12-5-4-9-25-8-2-3-11-28(25)38-20-19-35(23-31)30(37)27-22-32-15-16-33-27/h2-3,6-8,10-11,15-16,21-22H,4-5,9,12-14,17-20,23H2,1H3. The van der Waals surface area contributed by atoms with E-state index in [1.165, 1.54) is 11.8 Å². The molecule has 2 amide bonds. The summed E-state index contributed by atoms with van der Waals surface area (Å²) in [5.74, 6) is 0.872. The molecule has 0 N–H and O–H groups in total. The number of rotatable bonds is 2. The van der Waals surface area contributed by atoms with Crippen molar-refractivity contribution in [1.82, 2.24) is 19.8 Å². The maximum absolute atomic E-state index is 13.6. The number of amides is 2. The quantitative estimate of drug-likeness (QED) is 0.485. The fourth-order valence-electron chi connectivity index (χ4n) is 5.79. The SMILES string of the molecule is Cc1cccc(C(=O)N2CCC3(CCCCc4ccccc4OCCN(C(=O)c4cnccn4)C3)CC2)c1. The number of ether oxygens (including phenoxy) is 1. The number of carbonyl (C=O) groups excluding carboxylic acids is 2. The van der Waals surface area contributed by atoms with Gasteiger partial charge >= 0.3 is 0 Å². The van der Waals surface area contributed by atoms with Gasteiger partial charge in [0.05, 0.1) is 12.7 Å². The molecular formula is C31H36N4O3. The second-order valence-electron chi connectivity index (χ2n) is 10.6. The zero-order valence-corrected chi connectivity index (χ0v) is 22.1. The van der Waals surface area contributed by atoms with Crippen LogP contribution in [0.15, 0.2) is 67.1 Å². The smallest absolute Gasteiger partial charge is 0.274 e. The highest BCUT2D eigenvalue weighted by atomic mass is 16.5. The molecule has 7 nitrogen and oxygen atoms in total. The Bertz CT molecular complexity index is 1250. The molecule has 1 fully saturated rings. The van der Waals surface area contributed by atoms with Crippen molar-refractivity contribution in [1.29, 1.82) is 0 Å². The van der Waals surface area contributed by atoms with E-state index >= 15 is 0 Å². The number of para-hydroxylation sites is 1. The number of aromatic nitrogens is 2. The summed E-state index contributed by atoms with van der Waals surface area (Å²) in [7, 11) is 0. The number of fused-ring (bicyclic) bond motifs is 1. The molecule has 5 rings (SSSR count). The van der Waals surface area contributed by atoms with E-state index in [0.29, 0.717) is 38.5 Å². The van der Waals surface area contributed by atoms with Crippen molar-refractivity contribution >= 4 is 11.8 Å². The topological polar surface area (TPSA) is 75.6 Å². The van der Waals surface area contributed by atoms with Gasteiger partial charge in [0.25, 0.3) is 11.8 Å². The van der Waals surface area contributed by atoms with Crippen LogP contribution in [0.1, 0.15) is 64.1 Å². The Morgan fingerprint density at radius 1 is 0.895 bits per heavy atom. The largest absolute Gasteiger partial charge is 0.491 e. The summed E-state index contributed by atoms with van der Waals surface area (Å²) in [5.41, 5.74) is 3.34. The summed E-state index contributed by atoms with van der Waals surface area (Å²) in [6.45, 7) is 4.91. The molecule has 0 atom stereocenters. The first-order valence-corrected chi connectivity index (χ1v) is 13.6. The van der Waals surface area contributed by atoms with Crippen LogP contribution in [0.3, 0.4) is 0 Å². The monoisotopic (exact) mass is 512 g/mol. The van der Waals surface area contributed by atoms with Gasteiger partial charge in [-0.3, -0.25) is 14.6 Å². The van der Waals surface area contributed by atoms with E-state index in [2.05, 4.69) is 22.1 Å². The molecule has 38 heavy (non-hydrogen) atoms. The first-order valence-electron chi connectivity index (χ1n) is 13.6. The van der Waals surface area contributed by atoms with Gasteiger partial charge in [-0.05, 0) is 68.2 Å². The molecule has 2 aromatic carbocycles. The molecule has 1 aromatic heterocycles. The average molecular weight is 513 g/mol. The molecule has 0 aliphatic carbocycles. The number of nitrogens with zero attached hydrogens (tertiary/aromatic N) is 4. The molecule has 3 heterocycles. The molecule has 2 aliphatic rings. The van der Waals surface area contributed by atoms with Gasteiger partial charge in [-0.1, -0.05) is 42.3 Å². The maximum atomic E-state index is 13.6. The Kier molecular flexibility index (Phi) is 8.01. The molecule has 198 valence electrons. The van der Waals surface area contributed by atoms with Crippen LogP contribution in [0.2, 0.25) is 0 Å². The van der Waals surface area contributed by atoms with Crippen molar-refractivity contribution < 1.29 is 14.3 Å². The van der Waals surface area contributed by atoms with Crippen LogP contribution in [-0.4, -0.2) is 64.4 Å². The second-order valence-corrected chi connectivity index (χ2v) is 10.6. The summed E-state index contributed by atoms with van der Waals surface area (Å²) < 4.78 is 6.18. The van der Waals surface area contributed by atoms with Crippen LogP contribution in [-0.2, 0) is 6.42 Å². The summed E-state index contributed by atoms with van der Waals surface area (Å²) in [5, 5.41) is 0. The van der Waals surface area contributed by atoms with Gasteiger partial charge in [-0.25, -0.2) is 4.98 Å². The first kappa shape index (κ1) is 25.9. The molecule has 2 aliphatic heterocycles. The minimum absolute atomic E-state index is 0.0556. The van der Waals surface area contributed by atoms with Crippen molar-refractivity contribution in [3.8, 4) is 5.75 Å². The number of benzene rings is 2. The van der Waals surface area contributed by atoms with Crippen LogP contribution in [0.4, 0.5) is 0 Å². The lowest BCUT2D eigenvalue weighted by Gasteiger charge is -2.45. The number of likely N-dealkylation sites (tertiary alicyclic amines) is 1. The highest BCUT2D eigenvalue weighted by Gasteiger charge is 2.38. The molecule has 0 bridgehead atoms. The molecule has 1 spiro atoms. The summed E-state index contributed by atoms with van der Waals surface area (Å²) >= 11 is 0. The maximum Gasteiger partial charge on any atom is 0.274 e. The Hall–Kier alpha value is -3.74. The fourth-order valence-corrected chi connectivity index (χ4v) is 5.79. The van der Waals surface area contributed by atoms with Crippen molar-refractivity contribution in [2.45, 2.75) is 45.4 Å². The summed E-state index contributed by atoms with van der Waals surface area (Å²) in [4.78, 5) is 39.1. The lowest BCUT2D eigenvalue weighted by Crippen LogP contribution is -2.50. The molecule has 0 unspecified atom stereocenters. The lowest BCUT2D eigenvalue weighted by atomic mass is 9.73. The normalized spacial score (nSPS) is 18.0. The van der Waals surface area contributed by atoms with Gasteiger partial charge in [0.1, 0.15) is 18.1 Å². The third-order valence-electron chi connectivity index (χ3n) is 7.97. The van der Waals surface area contributed by atoms with Crippen molar-refractivity contribution in [3.05, 3.63) is 89.5 Å². The molecule has 0 radical (unpaired) electrons. The van der Waals surface area contributed by atoms with Gasteiger partial charge in [0, 0.05) is 37.6 Å². The molecule has 0 saturated carbocycles. The Morgan fingerprint density at radius 2 is 1.74 bits per heavy atom. The Balaban J connectivity index is 1.36. The first-order chi connectivity index (χ1) is 18.5. The Morgan fingerprint density at radius 3 is 2.53 bits per heavy atom. The van der Waals surface area contributed by atoms with Crippen LogP contribution in [0.5, 0.6) is 5.75 Å². The highest BCUT2D eigenvalue weighted by molar-refractivity contribution is 5.94. The molecule has 3 aromatic rings. The molecule has 1 saturated heterocycles. The number of hydrogen-bond acceptors (Lipinski definition) is 5. The minimum Gasteiger partial charge on any atom is -0.491 e. The number of aryl methyl sites for hydroxylation is 2. The highest BCUT2D eigenvalue weighted by Crippen LogP contribution is 2.39. The van der Waals surface area contributed by atoms with Crippen molar-refractivity contribution in [2.75, 3.05) is 32.8 Å². The zero-order chi connectivity index (χ0) is 26.4. The zero-order valence-electron chi connectivity index (χ0n) is 22.1. The lowest BCUT2D eigenvalue weighted by molar-refractivity contribution is 0.0325. The van der Waals surface area contributed by atoms with Crippen molar-refractivity contribution in [3.63, 3.8) is 0 Å². The van der Waals surface area contributed by atoms with Gasteiger partial charge in [-0.2, -0.15) is 0 Å². The van der Waals surface area contributed by atoms with Gasteiger partial charge < -0.3 is 14.5 Å². The van der Waals surface area contributed by atoms with Gasteiger partial charge in [0.15, 0.2) is 0 Å². The fraction of sp³-hybridized carbons (Fsp3) is 0.419. The third kappa shape index (κ3) is 6.04. The molecule has 7 heteroatoms. The number of hydrogen-bond donors (Lipinski definition) is 0. The van der Waals surface area contributed by atoms with E-state index < -0.39 is 0 Å². The summed E-state index contributed by atoms with van der Waals surface area (Å²) in [6.07, 6.45) is 10.5. The minimum atomic E-state index is -0.121. The van der Waals surface area contributed by atoms with Crippen molar-refractivity contribution in [2.24, 2.45) is 5.41 Å². The van der Waals surface area contributed by atoms with Gasteiger partial charge in [0.2, 0.25) is 0 Å². The van der Waals surface area contributed by atoms with E-state index in [0.717, 1.165) is 55.4 Å². The van der Waals surface area contributed by atoms with Gasteiger partial charge in [-0.15, -0.1) is 0 Å². The number of piperidine rings is 1. The van der Waals surface area contributed by atoms with E-state index in [1.807, 2.05) is 53.1 Å². The predicted molar refractivity (Wildman–Crippen MR) is 146 cm³/mol. The van der Waals surface area contributed by atoms with Crippen LogP contribution < -0.4 is 4.74 Å². The Labute approximate surface area is 224 Å². The number of carbonyl (C=O) groups is 2. The third-order valence-corrected chi connectivity index (χ3v) is 7.97. The summed E-state index contributed by atoms with van der Waals surface area (Å²) in [6, 6.07) is 16.0. The van der Waals surface area contributed by atoms with Crippen LogP contribution >= 0.6 is 0 Å². The average Bonchev–Trinajstić information content (AvgIpc) is 2.95. The predicted octanol–water partition coefficient (Wildman–Crippen LogP) is 4.96. The van der Waals surface area contributed by atoms with E-state index in [-0.39, 0.29) is 17.2 Å². The molecular weight excluding hydrogens is 476 g/mol. The van der Waals surface area contributed by atoms with Crippen LogP contribution in [0, 0.1) is 12.3 Å². The van der Waals surface area contributed by atoms with E-state index in [4.69, 9.17) is 4.74 Å².